The second-order valence-electron chi connectivity index (χ2n) is 2.83. The number of aliphatic imine (C=N–C) groups is 1. The van der Waals surface area contributed by atoms with Crippen LogP contribution in [0.1, 0.15) is 25.7 Å². The zero-order valence-electron chi connectivity index (χ0n) is 7.03. The number of nitrogens with zero attached hydrogens (tertiary/aromatic N) is 1. The smallest absolute Gasteiger partial charge is 0.211 e. The van der Waals surface area contributed by atoms with Crippen LogP contribution in [0.5, 0.6) is 0 Å². The van der Waals surface area contributed by atoms with Crippen molar-refractivity contribution in [1.82, 2.24) is 0 Å². The van der Waals surface area contributed by atoms with Crippen LogP contribution in [0, 0.1) is 0 Å². The van der Waals surface area contributed by atoms with Gasteiger partial charge < -0.3 is 0 Å². The fraction of sp³-hybridized carbons (Fsp3) is 0.667. The highest BCUT2D eigenvalue weighted by Gasteiger charge is 2.11. The van der Waals surface area contributed by atoms with Crippen LogP contribution in [0.25, 0.3) is 0 Å². The van der Waals surface area contributed by atoms with Crippen LogP contribution in [0.15, 0.2) is 17.3 Å². The average Bonchev–Trinajstić information content (AvgIpc) is 2.14. The van der Waals surface area contributed by atoms with E-state index in [0.29, 0.717) is 0 Å². The summed E-state index contributed by atoms with van der Waals surface area (Å²) in [6.07, 6.45) is 10.0. The molecule has 1 heterocycles. The first-order valence-electron chi connectivity index (χ1n) is 4.27. The predicted molar refractivity (Wildman–Crippen MR) is 52.0 cm³/mol. The molecule has 1 aliphatic rings. The largest absolute Gasteiger partial charge is 0.239 e. The zero-order valence-corrected chi connectivity index (χ0v) is 7.85. The van der Waals surface area contributed by atoms with Crippen molar-refractivity contribution in [2.45, 2.75) is 30.9 Å². The molecule has 1 unspecified atom stereocenters. The van der Waals surface area contributed by atoms with Gasteiger partial charge in [0.05, 0.1) is 0 Å². The molecule has 0 N–H and O–H groups in total. The summed E-state index contributed by atoms with van der Waals surface area (Å²) in [5.74, 6) is 1.29. The highest BCUT2D eigenvalue weighted by atomic mass is 32.2. The third kappa shape index (κ3) is 3.74. The lowest BCUT2D eigenvalue weighted by molar-refractivity contribution is 0.565. The van der Waals surface area contributed by atoms with Gasteiger partial charge in [0.25, 0.3) is 0 Å². The second-order valence-corrected chi connectivity index (χ2v) is 4.24. The molecule has 0 aromatic carbocycles. The van der Waals surface area contributed by atoms with Crippen molar-refractivity contribution in [2.24, 2.45) is 4.99 Å². The van der Waals surface area contributed by atoms with E-state index < -0.39 is 0 Å². The van der Waals surface area contributed by atoms with Gasteiger partial charge in [-0.05, 0) is 25.0 Å². The maximum atomic E-state index is 9.71. The molecule has 0 aromatic heterocycles. The molecule has 0 bridgehead atoms. The molecule has 0 saturated carbocycles. The van der Waals surface area contributed by atoms with Gasteiger partial charge in [-0.3, -0.25) is 0 Å². The summed E-state index contributed by atoms with van der Waals surface area (Å²) < 4.78 is 0. The Bertz CT molecular complexity index is 191. The third-order valence-electron chi connectivity index (χ3n) is 1.91. The molecule has 3 heteroatoms. The van der Waals surface area contributed by atoms with Crippen molar-refractivity contribution in [2.75, 3.05) is 5.75 Å². The summed E-state index contributed by atoms with van der Waals surface area (Å²) in [6.45, 7) is 0. The monoisotopic (exact) mass is 183 g/mol. The number of hydrogen-bond acceptors (Lipinski definition) is 3. The van der Waals surface area contributed by atoms with Crippen LogP contribution < -0.4 is 0 Å². The Labute approximate surface area is 77.1 Å². The highest BCUT2D eigenvalue weighted by molar-refractivity contribution is 7.99. The van der Waals surface area contributed by atoms with E-state index in [9.17, 15) is 4.79 Å². The molecule has 1 fully saturated rings. The Balaban J connectivity index is 2.16. The molecule has 0 aliphatic carbocycles. The van der Waals surface area contributed by atoms with Crippen LogP contribution in [0.3, 0.4) is 0 Å². The van der Waals surface area contributed by atoms with Crippen molar-refractivity contribution in [3.8, 4) is 0 Å². The van der Waals surface area contributed by atoms with Gasteiger partial charge >= 0.3 is 0 Å². The van der Waals surface area contributed by atoms with E-state index in [0.717, 1.165) is 11.7 Å². The Morgan fingerprint density at radius 3 is 3.17 bits per heavy atom. The average molecular weight is 183 g/mol. The van der Waals surface area contributed by atoms with Gasteiger partial charge in [0.15, 0.2) is 0 Å². The van der Waals surface area contributed by atoms with Gasteiger partial charge in [-0.25, -0.2) is 4.79 Å². The van der Waals surface area contributed by atoms with Gasteiger partial charge in [0, 0.05) is 11.4 Å². The number of thioether (sulfide) groups is 1. The van der Waals surface area contributed by atoms with Crippen LogP contribution >= 0.6 is 11.8 Å². The van der Waals surface area contributed by atoms with Gasteiger partial charge in [-0.1, -0.05) is 12.5 Å². The van der Waals surface area contributed by atoms with Gasteiger partial charge in [0.2, 0.25) is 6.08 Å². The quantitative estimate of drug-likeness (QED) is 0.497. The molecule has 0 spiro atoms. The normalized spacial score (nSPS) is 23.8. The van der Waals surface area contributed by atoms with Gasteiger partial charge in [-0.15, -0.1) is 0 Å². The third-order valence-corrected chi connectivity index (χ3v) is 3.33. The number of rotatable bonds is 3. The highest BCUT2D eigenvalue weighted by Crippen LogP contribution is 2.27. The SMILES string of the molecule is O=C=N/C=C\CC1CCCCS1. The zero-order chi connectivity index (χ0) is 8.65. The van der Waals surface area contributed by atoms with E-state index >= 15 is 0 Å². The second kappa shape index (κ2) is 6.04. The van der Waals surface area contributed by atoms with E-state index in [1.165, 1.54) is 31.1 Å². The van der Waals surface area contributed by atoms with Crippen LogP contribution in [-0.2, 0) is 4.79 Å². The molecular formula is C9H13NOS. The first-order chi connectivity index (χ1) is 5.93. The van der Waals surface area contributed by atoms with Crippen LogP contribution in [-0.4, -0.2) is 17.1 Å². The first-order valence-corrected chi connectivity index (χ1v) is 5.32. The summed E-state index contributed by atoms with van der Waals surface area (Å²) in [5.41, 5.74) is 0. The number of hydrogen-bond donors (Lipinski definition) is 0. The Morgan fingerprint density at radius 1 is 1.58 bits per heavy atom. The number of carbonyl (C=O) groups excluding carboxylic acids is 1. The topological polar surface area (TPSA) is 29.4 Å². The number of allylic oxidation sites excluding steroid dienone is 1. The van der Waals surface area contributed by atoms with Crippen molar-refractivity contribution in [3.05, 3.63) is 12.3 Å². The molecule has 2 nitrogen and oxygen atoms in total. The summed E-state index contributed by atoms with van der Waals surface area (Å²) in [5, 5.41) is 0.747. The molecule has 1 saturated heterocycles. The Kier molecular flexibility index (Phi) is 4.81. The Hall–Kier alpha value is -0.530. The van der Waals surface area contributed by atoms with E-state index in [2.05, 4.69) is 4.99 Å². The van der Waals surface area contributed by atoms with Gasteiger partial charge in [0.1, 0.15) is 0 Å². The maximum Gasteiger partial charge on any atom is 0.239 e. The van der Waals surface area contributed by atoms with Gasteiger partial charge in [-0.2, -0.15) is 16.8 Å². The lowest BCUT2D eigenvalue weighted by atomic mass is 10.1. The molecule has 12 heavy (non-hydrogen) atoms. The van der Waals surface area contributed by atoms with Crippen molar-refractivity contribution < 1.29 is 4.79 Å². The van der Waals surface area contributed by atoms with Crippen molar-refractivity contribution >= 4 is 17.8 Å². The van der Waals surface area contributed by atoms with E-state index in [1.54, 1.807) is 6.20 Å². The minimum absolute atomic E-state index is 0.747. The molecule has 0 amide bonds. The molecule has 1 aliphatic heterocycles. The van der Waals surface area contributed by atoms with Crippen LogP contribution in [0.4, 0.5) is 0 Å². The lowest BCUT2D eigenvalue weighted by Crippen LogP contribution is -2.07. The molecule has 0 radical (unpaired) electrons. The summed E-state index contributed by atoms with van der Waals surface area (Å²) in [7, 11) is 0. The predicted octanol–water partition coefficient (Wildman–Crippen LogP) is 2.51. The minimum atomic E-state index is 0.747. The number of isocyanates is 1. The van der Waals surface area contributed by atoms with E-state index in [1.807, 2.05) is 17.8 Å². The molecule has 0 aromatic rings. The lowest BCUT2D eigenvalue weighted by Gasteiger charge is -2.19. The molecular weight excluding hydrogens is 170 g/mol. The van der Waals surface area contributed by atoms with Crippen molar-refractivity contribution in [3.63, 3.8) is 0 Å². The summed E-state index contributed by atoms with van der Waals surface area (Å²) >= 11 is 2.03. The maximum absolute atomic E-state index is 9.71. The van der Waals surface area contributed by atoms with E-state index in [-0.39, 0.29) is 0 Å². The fourth-order valence-electron chi connectivity index (χ4n) is 1.29. The standard InChI is InChI=1S/C9H13NOS/c11-8-10-6-3-5-9-4-1-2-7-12-9/h3,6,9H,1-2,4-5,7H2/b6-3-. The summed E-state index contributed by atoms with van der Waals surface area (Å²) in [6, 6.07) is 0. The molecule has 1 atom stereocenters. The van der Waals surface area contributed by atoms with E-state index in [4.69, 9.17) is 0 Å². The van der Waals surface area contributed by atoms with Crippen LogP contribution in [0.2, 0.25) is 0 Å². The Morgan fingerprint density at radius 2 is 2.50 bits per heavy atom. The first kappa shape index (κ1) is 9.56. The fourth-order valence-corrected chi connectivity index (χ4v) is 2.57. The summed E-state index contributed by atoms with van der Waals surface area (Å²) in [4.78, 5) is 13.1. The molecule has 1 rings (SSSR count). The van der Waals surface area contributed by atoms with Crippen molar-refractivity contribution in [1.29, 1.82) is 0 Å². The molecule has 66 valence electrons. The minimum Gasteiger partial charge on any atom is -0.211 e.